The summed E-state index contributed by atoms with van der Waals surface area (Å²) in [7, 11) is 1.75. The molecule has 0 amide bonds. The van der Waals surface area contributed by atoms with Crippen LogP contribution in [0.25, 0.3) is 4.96 Å². The Labute approximate surface area is 166 Å². The van der Waals surface area contributed by atoms with Gasteiger partial charge in [-0.25, -0.2) is 4.98 Å². The molecule has 4 rings (SSSR count). The molecule has 0 radical (unpaired) electrons. The van der Waals surface area contributed by atoms with E-state index in [-0.39, 0.29) is 30.8 Å². The van der Waals surface area contributed by atoms with Gasteiger partial charge in [0.2, 0.25) is 6.79 Å². The van der Waals surface area contributed by atoms with Gasteiger partial charge in [0.05, 0.1) is 12.2 Å². The van der Waals surface area contributed by atoms with E-state index >= 15 is 0 Å². The molecule has 25 heavy (non-hydrogen) atoms. The Morgan fingerprint density at radius 1 is 1.28 bits per heavy atom. The lowest BCUT2D eigenvalue weighted by Gasteiger charge is -2.11. The molecule has 3 aromatic rings. The van der Waals surface area contributed by atoms with Crippen molar-refractivity contribution in [2.75, 3.05) is 13.8 Å². The summed E-state index contributed by atoms with van der Waals surface area (Å²) in [4.78, 5) is 9.78. The average molecular weight is 471 g/mol. The van der Waals surface area contributed by atoms with Gasteiger partial charge in [0.25, 0.3) is 0 Å². The second-order valence-electron chi connectivity index (χ2n) is 5.29. The molecule has 7 nitrogen and oxygen atoms in total. The van der Waals surface area contributed by atoms with Gasteiger partial charge in [0, 0.05) is 31.4 Å². The van der Waals surface area contributed by atoms with Crippen LogP contribution < -0.4 is 20.1 Å². The Morgan fingerprint density at radius 3 is 2.96 bits per heavy atom. The molecular formula is C16H18IN5O2S. The summed E-state index contributed by atoms with van der Waals surface area (Å²) in [5, 5.41) is 8.58. The summed E-state index contributed by atoms with van der Waals surface area (Å²) in [6.45, 7) is 1.56. The number of ether oxygens (including phenoxy) is 2. The van der Waals surface area contributed by atoms with Crippen molar-refractivity contribution in [3.8, 4) is 11.5 Å². The van der Waals surface area contributed by atoms with Crippen molar-refractivity contribution >= 4 is 46.2 Å². The lowest BCUT2D eigenvalue weighted by Crippen LogP contribution is -2.36. The van der Waals surface area contributed by atoms with Gasteiger partial charge in [-0.05, 0) is 17.7 Å². The first-order chi connectivity index (χ1) is 11.8. The fourth-order valence-corrected chi connectivity index (χ4v) is 3.21. The molecule has 2 N–H and O–H groups in total. The quantitative estimate of drug-likeness (QED) is 0.348. The number of halogens is 1. The standard InChI is InChI=1S/C16H17N5O2S.HI/c1-17-15(19-8-12-9-21-4-5-24-16(21)20-12)18-7-11-2-3-13-14(6-11)23-10-22-13;/h2-6,9H,7-8,10H2,1H3,(H2,17,18,19);1H. The van der Waals surface area contributed by atoms with Gasteiger partial charge in [-0.15, -0.1) is 35.3 Å². The van der Waals surface area contributed by atoms with Crippen molar-refractivity contribution < 1.29 is 9.47 Å². The van der Waals surface area contributed by atoms with Gasteiger partial charge < -0.3 is 20.1 Å². The Morgan fingerprint density at radius 2 is 2.12 bits per heavy atom. The maximum absolute atomic E-state index is 5.39. The molecule has 0 fully saturated rings. The minimum atomic E-state index is 0. The van der Waals surface area contributed by atoms with Crippen LogP contribution in [-0.2, 0) is 13.1 Å². The molecule has 0 saturated heterocycles. The zero-order valence-electron chi connectivity index (χ0n) is 13.6. The highest BCUT2D eigenvalue weighted by molar-refractivity contribution is 14.0. The van der Waals surface area contributed by atoms with E-state index in [1.165, 1.54) is 0 Å². The lowest BCUT2D eigenvalue weighted by molar-refractivity contribution is 0.174. The first-order valence-electron chi connectivity index (χ1n) is 7.56. The van der Waals surface area contributed by atoms with E-state index in [1.807, 2.05) is 40.4 Å². The molecule has 1 aromatic carbocycles. The molecule has 2 aromatic heterocycles. The number of fused-ring (bicyclic) bond motifs is 2. The Balaban J connectivity index is 0.00000182. The van der Waals surface area contributed by atoms with Crippen LogP contribution in [0.15, 0.2) is 41.0 Å². The van der Waals surface area contributed by atoms with Crippen LogP contribution in [0, 0.1) is 0 Å². The molecule has 1 aliphatic heterocycles. The van der Waals surface area contributed by atoms with Crippen molar-refractivity contribution in [3.63, 3.8) is 0 Å². The Bertz CT molecular complexity index is 863. The maximum atomic E-state index is 5.39. The number of aromatic nitrogens is 2. The Hall–Kier alpha value is -2.01. The number of benzene rings is 1. The van der Waals surface area contributed by atoms with Crippen LogP contribution >= 0.6 is 35.3 Å². The van der Waals surface area contributed by atoms with Gasteiger partial charge in [-0.3, -0.25) is 9.39 Å². The lowest BCUT2D eigenvalue weighted by atomic mass is 10.2. The van der Waals surface area contributed by atoms with E-state index in [2.05, 4.69) is 20.6 Å². The minimum absolute atomic E-state index is 0. The molecular weight excluding hydrogens is 453 g/mol. The fourth-order valence-electron chi connectivity index (χ4n) is 2.49. The van der Waals surface area contributed by atoms with Crippen LogP contribution in [-0.4, -0.2) is 29.2 Å². The molecule has 132 valence electrons. The molecule has 0 bridgehead atoms. The SMILES string of the molecule is CN=C(NCc1ccc2c(c1)OCO2)NCc1cn2ccsc2n1.I. The third-order valence-electron chi connectivity index (χ3n) is 3.70. The van der Waals surface area contributed by atoms with E-state index in [0.717, 1.165) is 33.7 Å². The van der Waals surface area contributed by atoms with Crippen LogP contribution in [0.4, 0.5) is 0 Å². The van der Waals surface area contributed by atoms with Gasteiger partial charge in [-0.2, -0.15) is 0 Å². The average Bonchev–Trinajstić information content (AvgIpc) is 3.30. The number of imidazole rings is 1. The highest BCUT2D eigenvalue weighted by Crippen LogP contribution is 2.32. The number of nitrogens with zero attached hydrogens (tertiary/aromatic N) is 3. The summed E-state index contributed by atoms with van der Waals surface area (Å²) >= 11 is 1.62. The van der Waals surface area contributed by atoms with Crippen molar-refractivity contribution in [2.45, 2.75) is 13.1 Å². The van der Waals surface area contributed by atoms with Crippen LogP contribution in [0.3, 0.4) is 0 Å². The number of hydrogen-bond acceptors (Lipinski definition) is 5. The van der Waals surface area contributed by atoms with Crippen molar-refractivity contribution in [1.82, 2.24) is 20.0 Å². The second kappa shape index (κ2) is 7.91. The highest BCUT2D eigenvalue weighted by Gasteiger charge is 2.13. The summed E-state index contributed by atoms with van der Waals surface area (Å²) in [5.74, 6) is 2.31. The van der Waals surface area contributed by atoms with E-state index in [0.29, 0.717) is 13.1 Å². The number of thiazole rings is 1. The molecule has 0 atom stereocenters. The predicted octanol–water partition coefficient (Wildman–Crippen LogP) is 2.61. The molecule has 0 spiro atoms. The number of rotatable bonds is 4. The van der Waals surface area contributed by atoms with E-state index in [4.69, 9.17) is 9.47 Å². The summed E-state index contributed by atoms with van der Waals surface area (Å²) in [6, 6.07) is 5.91. The molecule has 0 saturated carbocycles. The predicted molar refractivity (Wildman–Crippen MR) is 108 cm³/mol. The zero-order chi connectivity index (χ0) is 16.4. The van der Waals surface area contributed by atoms with E-state index in [9.17, 15) is 0 Å². The first-order valence-corrected chi connectivity index (χ1v) is 8.44. The van der Waals surface area contributed by atoms with Crippen molar-refractivity contribution in [1.29, 1.82) is 0 Å². The number of nitrogens with one attached hydrogen (secondary N) is 2. The van der Waals surface area contributed by atoms with Gasteiger partial charge in [0.15, 0.2) is 22.4 Å². The van der Waals surface area contributed by atoms with Crippen LogP contribution in [0.1, 0.15) is 11.3 Å². The summed E-state index contributed by atoms with van der Waals surface area (Å²) in [5.41, 5.74) is 2.08. The minimum Gasteiger partial charge on any atom is -0.454 e. The van der Waals surface area contributed by atoms with Crippen LogP contribution in [0.5, 0.6) is 11.5 Å². The number of guanidine groups is 1. The topological polar surface area (TPSA) is 72.2 Å². The Kier molecular flexibility index (Phi) is 5.63. The number of hydrogen-bond donors (Lipinski definition) is 2. The summed E-state index contributed by atoms with van der Waals surface area (Å²) < 4.78 is 12.7. The van der Waals surface area contributed by atoms with Gasteiger partial charge in [-0.1, -0.05) is 6.07 Å². The molecule has 0 aliphatic carbocycles. The largest absolute Gasteiger partial charge is 0.454 e. The fraction of sp³-hybridized carbons (Fsp3) is 0.250. The third-order valence-corrected chi connectivity index (χ3v) is 4.47. The van der Waals surface area contributed by atoms with Gasteiger partial charge >= 0.3 is 0 Å². The van der Waals surface area contributed by atoms with Crippen molar-refractivity contribution in [3.05, 3.63) is 47.2 Å². The molecule has 9 heteroatoms. The smallest absolute Gasteiger partial charge is 0.231 e. The highest BCUT2D eigenvalue weighted by atomic mass is 127. The molecule has 3 heterocycles. The normalized spacial score (nSPS) is 12.9. The van der Waals surface area contributed by atoms with Gasteiger partial charge in [0.1, 0.15) is 0 Å². The van der Waals surface area contributed by atoms with E-state index in [1.54, 1.807) is 18.4 Å². The van der Waals surface area contributed by atoms with Crippen molar-refractivity contribution in [2.24, 2.45) is 4.99 Å². The monoisotopic (exact) mass is 471 g/mol. The third kappa shape index (κ3) is 3.98. The number of aliphatic imine (C=N–C) groups is 1. The van der Waals surface area contributed by atoms with E-state index < -0.39 is 0 Å². The zero-order valence-corrected chi connectivity index (χ0v) is 16.7. The molecule has 0 unspecified atom stereocenters. The maximum Gasteiger partial charge on any atom is 0.231 e. The van der Waals surface area contributed by atoms with Crippen LogP contribution in [0.2, 0.25) is 0 Å². The first kappa shape index (κ1) is 17.8. The molecule has 1 aliphatic rings. The second-order valence-corrected chi connectivity index (χ2v) is 6.17. The summed E-state index contributed by atoms with van der Waals surface area (Å²) in [6.07, 6.45) is 4.02.